The van der Waals surface area contributed by atoms with E-state index in [1.807, 2.05) is 0 Å². The molecule has 0 bridgehead atoms. The average Bonchev–Trinajstić information content (AvgIpc) is 2.10. The smallest absolute Gasteiger partial charge is 0.221 e. The van der Waals surface area contributed by atoms with Crippen LogP contribution in [0.1, 0.15) is 24.2 Å². The number of benzene rings is 1. The van der Waals surface area contributed by atoms with Crippen LogP contribution in [0.15, 0.2) is 16.6 Å². The number of phenolic OH excluding ortho intramolecular Hbond substituents is 1. The zero-order valence-electron chi connectivity index (χ0n) is 8.30. The molecule has 2 N–H and O–H groups in total. The van der Waals surface area contributed by atoms with Gasteiger partial charge in [-0.3, -0.25) is 9.59 Å². The highest BCUT2D eigenvalue weighted by atomic mass is 79.9. The van der Waals surface area contributed by atoms with E-state index >= 15 is 0 Å². The third-order valence-electron chi connectivity index (χ3n) is 1.79. The number of halogens is 1. The number of nitrogens with one attached hydrogen (secondary N) is 1. The highest BCUT2D eigenvalue weighted by Crippen LogP contribution is 2.33. The summed E-state index contributed by atoms with van der Waals surface area (Å²) in [4.78, 5) is 22.2. The summed E-state index contributed by atoms with van der Waals surface area (Å²) in [5.41, 5.74) is 0.412. The Balaban J connectivity index is 3.38. The van der Waals surface area contributed by atoms with Gasteiger partial charge in [0.05, 0.1) is 11.3 Å². The first-order valence-corrected chi connectivity index (χ1v) is 5.02. The second kappa shape index (κ2) is 4.44. The average molecular weight is 272 g/mol. The van der Waals surface area contributed by atoms with Gasteiger partial charge in [-0.25, -0.2) is 0 Å². The van der Waals surface area contributed by atoms with Crippen molar-refractivity contribution >= 4 is 33.3 Å². The first-order chi connectivity index (χ1) is 6.93. The Morgan fingerprint density at radius 3 is 2.40 bits per heavy atom. The van der Waals surface area contributed by atoms with E-state index in [2.05, 4.69) is 21.2 Å². The van der Waals surface area contributed by atoms with Gasteiger partial charge in [-0.1, -0.05) is 0 Å². The Morgan fingerprint density at radius 2 is 1.93 bits per heavy atom. The number of amides is 1. The number of carbonyl (C=O) groups is 2. The zero-order chi connectivity index (χ0) is 11.6. The number of Topliss-reactive ketones (excluding diaryl/α,β-unsaturated/α-hetero) is 1. The van der Waals surface area contributed by atoms with Gasteiger partial charge >= 0.3 is 0 Å². The van der Waals surface area contributed by atoms with E-state index in [9.17, 15) is 14.7 Å². The predicted molar refractivity (Wildman–Crippen MR) is 60.1 cm³/mol. The van der Waals surface area contributed by atoms with Gasteiger partial charge in [-0.2, -0.15) is 0 Å². The maximum absolute atomic E-state index is 11.3. The first-order valence-electron chi connectivity index (χ1n) is 4.23. The van der Waals surface area contributed by atoms with E-state index in [0.29, 0.717) is 4.47 Å². The van der Waals surface area contributed by atoms with Crippen molar-refractivity contribution in [3.63, 3.8) is 0 Å². The van der Waals surface area contributed by atoms with Gasteiger partial charge in [0, 0.05) is 11.4 Å². The van der Waals surface area contributed by atoms with Gasteiger partial charge in [0.2, 0.25) is 5.91 Å². The number of anilines is 1. The largest absolute Gasteiger partial charge is 0.506 e. The Morgan fingerprint density at radius 1 is 1.33 bits per heavy atom. The molecule has 0 aliphatic carbocycles. The minimum atomic E-state index is -0.342. The summed E-state index contributed by atoms with van der Waals surface area (Å²) in [6.07, 6.45) is 0. The van der Waals surface area contributed by atoms with Crippen LogP contribution in [0.5, 0.6) is 5.75 Å². The molecule has 0 saturated heterocycles. The molecule has 0 aliphatic heterocycles. The molecular weight excluding hydrogens is 262 g/mol. The summed E-state index contributed by atoms with van der Waals surface area (Å²) in [5, 5.41) is 11.9. The maximum atomic E-state index is 11.3. The van der Waals surface area contributed by atoms with Gasteiger partial charge in [-0.15, -0.1) is 0 Å². The number of rotatable bonds is 2. The van der Waals surface area contributed by atoms with Crippen LogP contribution in [-0.2, 0) is 4.79 Å². The SMILES string of the molecule is CC(=O)Nc1c(O)ccc(Br)c1C(C)=O. The van der Waals surface area contributed by atoms with E-state index in [1.165, 1.54) is 19.9 Å². The maximum Gasteiger partial charge on any atom is 0.221 e. The highest BCUT2D eigenvalue weighted by molar-refractivity contribution is 9.10. The number of aromatic hydroxyl groups is 1. The third kappa shape index (κ3) is 2.56. The van der Waals surface area contributed by atoms with Crippen LogP contribution in [0, 0.1) is 0 Å². The Labute approximate surface area is 95.4 Å². The second-order valence-electron chi connectivity index (χ2n) is 3.05. The van der Waals surface area contributed by atoms with Gasteiger partial charge in [0.1, 0.15) is 5.75 Å². The zero-order valence-corrected chi connectivity index (χ0v) is 9.88. The van der Waals surface area contributed by atoms with Crippen molar-refractivity contribution in [2.24, 2.45) is 0 Å². The molecule has 0 unspecified atom stereocenters. The molecule has 80 valence electrons. The third-order valence-corrected chi connectivity index (χ3v) is 2.45. The molecule has 0 atom stereocenters. The van der Waals surface area contributed by atoms with Crippen LogP contribution >= 0.6 is 15.9 Å². The fourth-order valence-corrected chi connectivity index (χ4v) is 1.82. The summed E-state index contributed by atoms with van der Waals surface area (Å²) < 4.78 is 0.538. The molecule has 0 fully saturated rings. The lowest BCUT2D eigenvalue weighted by atomic mass is 10.1. The molecule has 1 rings (SSSR count). The first kappa shape index (κ1) is 11.7. The Hall–Kier alpha value is -1.36. The topological polar surface area (TPSA) is 66.4 Å². The summed E-state index contributed by atoms with van der Waals surface area (Å²) >= 11 is 3.19. The monoisotopic (exact) mass is 271 g/mol. The predicted octanol–water partition coefficient (Wildman–Crippen LogP) is 2.32. The molecule has 4 nitrogen and oxygen atoms in total. The quantitative estimate of drug-likeness (QED) is 0.641. The molecule has 0 aliphatic rings. The van der Waals surface area contributed by atoms with Crippen LogP contribution in [0.25, 0.3) is 0 Å². The molecular formula is C10H10BrNO3. The molecule has 5 heteroatoms. The fraction of sp³-hybridized carbons (Fsp3) is 0.200. The molecule has 1 aromatic rings. The van der Waals surface area contributed by atoms with Gasteiger partial charge in [0.15, 0.2) is 5.78 Å². The lowest BCUT2D eigenvalue weighted by molar-refractivity contribution is -0.114. The standard InChI is InChI=1S/C10H10BrNO3/c1-5(13)9-7(11)3-4-8(15)10(9)12-6(2)14/h3-4,15H,1-2H3,(H,12,14). The van der Waals surface area contributed by atoms with E-state index in [-0.39, 0.29) is 28.7 Å². The number of hydrogen-bond acceptors (Lipinski definition) is 3. The minimum absolute atomic E-state index is 0.126. The number of hydrogen-bond donors (Lipinski definition) is 2. The number of carbonyl (C=O) groups excluding carboxylic acids is 2. The minimum Gasteiger partial charge on any atom is -0.506 e. The molecule has 1 aromatic carbocycles. The summed E-state index contributed by atoms with van der Waals surface area (Å²) in [7, 11) is 0. The van der Waals surface area contributed by atoms with E-state index in [4.69, 9.17) is 0 Å². The molecule has 1 amide bonds. The normalized spacial score (nSPS) is 9.80. The molecule has 0 aromatic heterocycles. The molecule has 0 heterocycles. The summed E-state index contributed by atoms with van der Waals surface area (Å²) in [6.45, 7) is 2.68. The lowest BCUT2D eigenvalue weighted by Gasteiger charge is -2.11. The Kier molecular flexibility index (Phi) is 3.47. The molecule has 0 spiro atoms. The van der Waals surface area contributed by atoms with Crippen molar-refractivity contribution < 1.29 is 14.7 Å². The van der Waals surface area contributed by atoms with Gasteiger partial charge in [-0.05, 0) is 35.0 Å². The summed E-state index contributed by atoms with van der Waals surface area (Å²) in [5.74, 6) is -0.703. The van der Waals surface area contributed by atoms with Crippen molar-refractivity contribution in [3.8, 4) is 5.75 Å². The van der Waals surface area contributed by atoms with Crippen molar-refractivity contribution in [2.75, 3.05) is 5.32 Å². The van der Waals surface area contributed by atoms with Crippen LogP contribution in [-0.4, -0.2) is 16.8 Å². The van der Waals surface area contributed by atoms with E-state index < -0.39 is 0 Å². The van der Waals surface area contributed by atoms with Crippen LogP contribution in [0.4, 0.5) is 5.69 Å². The van der Waals surface area contributed by atoms with Crippen molar-refractivity contribution in [2.45, 2.75) is 13.8 Å². The van der Waals surface area contributed by atoms with Crippen molar-refractivity contribution in [1.82, 2.24) is 0 Å². The van der Waals surface area contributed by atoms with Crippen molar-refractivity contribution in [1.29, 1.82) is 0 Å². The van der Waals surface area contributed by atoms with E-state index in [0.717, 1.165) is 0 Å². The van der Waals surface area contributed by atoms with Crippen LogP contribution in [0.3, 0.4) is 0 Å². The van der Waals surface area contributed by atoms with Crippen molar-refractivity contribution in [3.05, 3.63) is 22.2 Å². The second-order valence-corrected chi connectivity index (χ2v) is 3.91. The lowest BCUT2D eigenvalue weighted by Crippen LogP contribution is -2.10. The summed E-state index contributed by atoms with van der Waals surface area (Å²) in [6, 6.07) is 2.96. The van der Waals surface area contributed by atoms with E-state index in [1.54, 1.807) is 6.07 Å². The Bertz CT molecular complexity index is 429. The number of ketones is 1. The molecule has 0 radical (unpaired) electrons. The molecule has 15 heavy (non-hydrogen) atoms. The van der Waals surface area contributed by atoms with Gasteiger partial charge < -0.3 is 10.4 Å². The molecule has 0 saturated carbocycles. The van der Waals surface area contributed by atoms with Gasteiger partial charge in [0.25, 0.3) is 0 Å². The highest BCUT2D eigenvalue weighted by Gasteiger charge is 2.16. The fourth-order valence-electron chi connectivity index (χ4n) is 1.21. The number of phenols is 1. The van der Waals surface area contributed by atoms with Crippen LogP contribution < -0.4 is 5.32 Å². The van der Waals surface area contributed by atoms with Crippen LogP contribution in [0.2, 0.25) is 0 Å².